The Bertz CT molecular complexity index is 1200. The summed E-state index contributed by atoms with van der Waals surface area (Å²) in [6.45, 7) is 10.2. The van der Waals surface area contributed by atoms with Crippen molar-refractivity contribution in [3.8, 4) is 17.2 Å². The molecule has 1 N–H and O–H groups in total. The zero-order valence-corrected chi connectivity index (χ0v) is 24.2. The van der Waals surface area contributed by atoms with Crippen molar-refractivity contribution in [3.05, 3.63) is 58.7 Å². The van der Waals surface area contributed by atoms with Crippen molar-refractivity contribution >= 4 is 17.4 Å². The topological polar surface area (TPSA) is 88.5 Å². The number of hydrogen-bond donors (Lipinski definition) is 1. The first kappa shape index (κ1) is 30.0. The molecule has 0 aromatic heterocycles. The van der Waals surface area contributed by atoms with E-state index in [2.05, 4.69) is 13.8 Å². The summed E-state index contributed by atoms with van der Waals surface area (Å²) in [7, 11) is 5.37. The maximum atomic E-state index is 13.4. The molecule has 1 unspecified atom stereocenters. The third kappa shape index (κ3) is 7.12. The molecule has 8 nitrogen and oxygen atoms in total. The average molecular weight is 539 g/mol. The molecule has 0 bridgehead atoms. The summed E-state index contributed by atoms with van der Waals surface area (Å²) in [6, 6.07) is 9.89. The number of aliphatic hydroxyl groups is 1. The predicted molar refractivity (Wildman–Crippen MR) is 152 cm³/mol. The number of carbonyl (C=O) groups is 2. The highest BCUT2D eigenvalue weighted by Gasteiger charge is 2.46. The number of benzene rings is 2. The minimum Gasteiger partial charge on any atom is -0.507 e. The Hall–Kier alpha value is -3.52. The molecule has 2 aromatic rings. The summed E-state index contributed by atoms with van der Waals surface area (Å²) in [5, 5.41) is 11.4. The van der Waals surface area contributed by atoms with E-state index in [-0.39, 0.29) is 11.3 Å². The molecule has 1 atom stereocenters. The first-order valence-electron chi connectivity index (χ1n) is 13.6. The van der Waals surface area contributed by atoms with E-state index in [9.17, 15) is 14.7 Å². The molecule has 8 heteroatoms. The van der Waals surface area contributed by atoms with Crippen LogP contribution >= 0.6 is 0 Å². The van der Waals surface area contributed by atoms with Crippen LogP contribution in [0.2, 0.25) is 0 Å². The highest BCUT2D eigenvalue weighted by Crippen LogP contribution is 2.42. The second-order valence-corrected chi connectivity index (χ2v) is 10.6. The van der Waals surface area contributed by atoms with Gasteiger partial charge in [-0.1, -0.05) is 26.8 Å². The van der Waals surface area contributed by atoms with Crippen LogP contribution in [0.3, 0.4) is 0 Å². The number of methoxy groups -OCH3 is 1. The lowest BCUT2D eigenvalue weighted by atomic mass is 9.94. The van der Waals surface area contributed by atoms with Crippen LogP contribution in [0.15, 0.2) is 42.0 Å². The van der Waals surface area contributed by atoms with E-state index in [4.69, 9.17) is 14.2 Å². The predicted octanol–water partition coefficient (Wildman–Crippen LogP) is 5.20. The number of Topliss-reactive ketones (excluding diaryl/α,β-unsaturated/α-hetero) is 1. The van der Waals surface area contributed by atoms with Gasteiger partial charge in [0.05, 0.1) is 31.9 Å². The lowest BCUT2D eigenvalue weighted by Gasteiger charge is -2.27. The quantitative estimate of drug-likeness (QED) is 0.213. The first-order valence-corrected chi connectivity index (χ1v) is 13.6. The summed E-state index contributed by atoms with van der Waals surface area (Å²) < 4.78 is 17.3. The molecule has 3 rings (SSSR count). The van der Waals surface area contributed by atoms with E-state index >= 15 is 0 Å². The molecule has 39 heavy (non-hydrogen) atoms. The maximum absolute atomic E-state index is 13.4. The number of rotatable bonds is 13. The van der Waals surface area contributed by atoms with Gasteiger partial charge < -0.3 is 29.1 Å². The summed E-state index contributed by atoms with van der Waals surface area (Å²) in [6.07, 6.45) is 1.78. The number of aliphatic hydroxyl groups excluding tert-OH is 1. The number of ether oxygens (including phenoxy) is 3. The van der Waals surface area contributed by atoms with Gasteiger partial charge >= 0.3 is 0 Å². The van der Waals surface area contributed by atoms with Gasteiger partial charge in [-0.2, -0.15) is 0 Å². The standard InChI is InChI=1S/C31H42N2O6/c1-8-16-38-24-11-10-23(18-21(24)4)29(34)27-28(33(15-14-32(5)6)31(36)30(27)35)22-9-12-25(26(19-22)37-7)39-17-13-20(2)3/h9-12,18-20,28,34H,8,13-17H2,1-7H3. The molecule has 1 aliphatic heterocycles. The van der Waals surface area contributed by atoms with Crippen LogP contribution in [0.1, 0.15) is 56.3 Å². The highest BCUT2D eigenvalue weighted by molar-refractivity contribution is 6.46. The normalized spacial score (nSPS) is 16.8. The number of likely N-dealkylation sites (N-methyl/N-ethyl adjacent to an activating group) is 1. The minimum absolute atomic E-state index is 0.0518. The van der Waals surface area contributed by atoms with Crippen molar-refractivity contribution in [2.24, 2.45) is 5.92 Å². The average Bonchev–Trinajstić information content (AvgIpc) is 3.15. The van der Waals surface area contributed by atoms with Crippen LogP contribution in [0.5, 0.6) is 17.2 Å². The summed E-state index contributed by atoms with van der Waals surface area (Å²) in [5.41, 5.74) is 1.99. The van der Waals surface area contributed by atoms with E-state index in [0.717, 1.165) is 18.4 Å². The van der Waals surface area contributed by atoms with E-state index in [1.165, 1.54) is 4.90 Å². The summed E-state index contributed by atoms with van der Waals surface area (Å²) >= 11 is 0. The lowest BCUT2D eigenvalue weighted by Crippen LogP contribution is -2.35. The fraction of sp³-hybridized carbons (Fsp3) is 0.484. The Balaban J connectivity index is 2.08. The van der Waals surface area contributed by atoms with Gasteiger partial charge in [0.15, 0.2) is 11.5 Å². The van der Waals surface area contributed by atoms with Crippen LogP contribution in [0.25, 0.3) is 5.76 Å². The monoisotopic (exact) mass is 538 g/mol. The fourth-order valence-corrected chi connectivity index (χ4v) is 4.47. The van der Waals surface area contributed by atoms with Gasteiger partial charge in [-0.3, -0.25) is 9.59 Å². The Kier molecular flexibility index (Phi) is 10.4. The molecule has 1 saturated heterocycles. The van der Waals surface area contributed by atoms with Crippen molar-refractivity contribution < 1.29 is 28.9 Å². The van der Waals surface area contributed by atoms with Crippen molar-refractivity contribution in [2.75, 3.05) is 47.5 Å². The number of ketones is 1. The number of amides is 1. The molecular formula is C31H42N2O6. The summed E-state index contributed by atoms with van der Waals surface area (Å²) in [5.74, 6) is 0.743. The van der Waals surface area contributed by atoms with Gasteiger partial charge in [-0.15, -0.1) is 0 Å². The number of carbonyl (C=O) groups excluding carboxylic acids is 2. The van der Waals surface area contributed by atoms with Gasteiger partial charge in [0.1, 0.15) is 11.5 Å². The van der Waals surface area contributed by atoms with E-state index in [1.807, 2.05) is 38.9 Å². The highest BCUT2D eigenvalue weighted by atomic mass is 16.5. The number of likely N-dealkylation sites (tertiary alicyclic amines) is 1. The third-order valence-corrected chi connectivity index (χ3v) is 6.69. The molecule has 1 fully saturated rings. The summed E-state index contributed by atoms with van der Waals surface area (Å²) in [4.78, 5) is 30.1. The van der Waals surface area contributed by atoms with Crippen LogP contribution in [0, 0.1) is 12.8 Å². The van der Waals surface area contributed by atoms with Crippen molar-refractivity contribution in [3.63, 3.8) is 0 Å². The van der Waals surface area contributed by atoms with Gasteiger partial charge in [-0.05, 0) is 81.2 Å². The second-order valence-electron chi connectivity index (χ2n) is 10.6. The molecule has 2 aromatic carbocycles. The molecule has 1 aliphatic rings. The minimum atomic E-state index is -0.778. The lowest BCUT2D eigenvalue weighted by molar-refractivity contribution is -0.140. The first-order chi connectivity index (χ1) is 18.6. The van der Waals surface area contributed by atoms with Crippen LogP contribution in [-0.4, -0.2) is 74.1 Å². The van der Waals surface area contributed by atoms with Crippen LogP contribution in [0.4, 0.5) is 0 Å². The van der Waals surface area contributed by atoms with E-state index < -0.39 is 17.7 Å². The van der Waals surface area contributed by atoms with E-state index in [1.54, 1.807) is 37.4 Å². The molecule has 0 aliphatic carbocycles. The molecule has 0 spiro atoms. The van der Waals surface area contributed by atoms with E-state index in [0.29, 0.717) is 60.6 Å². The van der Waals surface area contributed by atoms with Crippen LogP contribution in [-0.2, 0) is 9.59 Å². The molecular weight excluding hydrogens is 496 g/mol. The smallest absolute Gasteiger partial charge is 0.295 e. The van der Waals surface area contributed by atoms with Crippen molar-refractivity contribution in [2.45, 2.75) is 46.6 Å². The molecule has 1 heterocycles. The Morgan fingerprint density at radius 1 is 1.03 bits per heavy atom. The fourth-order valence-electron chi connectivity index (χ4n) is 4.47. The second kappa shape index (κ2) is 13.5. The third-order valence-electron chi connectivity index (χ3n) is 6.69. The zero-order chi connectivity index (χ0) is 28.7. The van der Waals surface area contributed by atoms with Gasteiger partial charge in [0.25, 0.3) is 11.7 Å². The maximum Gasteiger partial charge on any atom is 0.295 e. The molecule has 212 valence electrons. The molecule has 0 saturated carbocycles. The number of aryl methyl sites for hydroxylation is 1. The van der Waals surface area contributed by atoms with Gasteiger partial charge in [0.2, 0.25) is 0 Å². The Labute approximate surface area is 232 Å². The Morgan fingerprint density at radius 2 is 1.72 bits per heavy atom. The SMILES string of the molecule is CCCOc1ccc(C(O)=C2C(=O)C(=O)N(CCN(C)C)C2c2ccc(OCCC(C)C)c(OC)c2)cc1C. The molecule has 1 amide bonds. The van der Waals surface area contributed by atoms with Crippen LogP contribution < -0.4 is 14.2 Å². The zero-order valence-electron chi connectivity index (χ0n) is 24.2. The number of hydrogen-bond acceptors (Lipinski definition) is 7. The molecule has 0 radical (unpaired) electrons. The van der Waals surface area contributed by atoms with Gasteiger partial charge in [0, 0.05) is 18.7 Å². The van der Waals surface area contributed by atoms with Crippen molar-refractivity contribution in [1.82, 2.24) is 9.80 Å². The van der Waals surface area contributed by atoms with Crippen molar-refractivity contribution in [1.29, 1.82) is 0 Å². The Morgan fingerprint density at radius 3 is 2.33 bits per heavy atom. The largest absolute Gasteiger partial charge is 0.507 e. The van der Waals surface area contributed by atoms with Gasteiger partial charge in [-0.25, -0.2) is 0 Å². The number of nitrogens with zero attached hydrogens (tertiary/aromatic N) is 2.